The number of benzene rings is 1. The van der Waals surface area contributed by atoms with E-state index in [1.165, 1.54) is 17.2 Å². The van der Waals surface area contributed by atoms with Crippen LogP contribution in [0.5, 0.6) is 0 Å². The Hall–Kier alpha value is -2.44. The molecule has 1 heterocycles. The molecule has 0 N–H and O–H groups in total. The zero-order valence-corrected chi connectivity index (χ0v) is 17.4. The molecule has 1 aliphatic carbocycles. The number of esters is 1. The first-order valence-electron chi connectivity index (χ1n) is 9.20. The van der Waals surface area contributed by atoms with Crippen molar-refractivity contribution in [2.75, 3.05) is 13.7 Å². The van der Waals surface area contributed by atoms with Crippen LogP contribution in [0.2, 0.25) is 10.2 Å². The van der Waals surface area contributed by atoms with E-state index in [1.54, 1.807) is 37.4 Å². The Kier molecular flexibility index (Phi) is 6.55. The molecule has 1 atom stereocenters. The first-order chi connectivity index (χ1) is 13.9. The van der Waals surface area contributed by atoms with Crippen molar-refractivity contribution in [3.63, 3.8) is 0 Å². The van der Waals surface area contributed by atoms with E-state index >= 15 is 0 Å². The van der Waals surface area contributed by atoms with Crippen LogP contribution in [0.25, 0.3) is 0 Å². The fraction of sp³-hybridized carbons (Fsp3) is 0.333. The number of likely N-dealkylation sites (N-methyl/N-ethyl adjacent to an activating group) is 1. The summed E-state index contributed by atoms with van der Waals surface area (Å²) in [4.78, 5) is 43.3. The molecule has 29 heavy (non-hydrogen) atoms. The van der Waals surface area contributed by atoms with Crippen LogP contribution in [0, 0.1) is 0 Å². The normalized spacial score (nSPS) is 18.9. The van der Waals surface area contributed by atoms with Crippen LogP contribution < -0.4 is 0 Å². The summed E-state index contributed by atoms with van der Waals surface area (Å²) in [6.07, 6.45) is 3.80. The molecule has 0 aliphatic heterocycles. The number of Topliss-reactive ketones (excluding diaryl/α,β-unsaturated/α-hetero) is 1. The van der Waals surface area contributed by atoms with Gasteiger partial charge in [-0.1, -0.05) is 41.4 Å². The first-order valence-corrected chi connectivity index (χ1v) is 9.96. The van der Waals surface area contributed by atoms with Gasteiger partial charge < -0.3 is 9.64 Å². The highest BCUT2D eigenvalue weighted by molar-refractivity contribution is 6.32. The van der Waals surface area contributed by atoms with E-state index in [9.17, 15) is 14.4 Å². The Morgan fingerprint density at radius 1 is 1.17 bits per heavy atom. The van der Waals surface area contributed by atoms with E-state index in [4.69, 9.17) is 27.9 Å². The molecule has 1 amide bonds. The largest absolute Gasteiger partial charge is 0.452 e. The van der Waals surface area contributed by atoms with Gasteiger partial charge in [-0.05, 0) is 37.5 Å². The van der Waals surface area contributed by atoms with Gasteiger partial charge >= 0.3 is 5.97 Å². The highest BCUT2D eigenvalue weighted by Crippen LogP contribution is 2.42. The number of rotatable bonds is 5. The molecule has 1 aromatic carbocycles. The topological polar surface area (TPSA) is 76.6 Å². The quantitative estimate of drug-likeness (QED) is 0.524. The average Bonchev–Trinajstić information content (AvgIpc) is 2.72. The maximum absolute atomic E-state index is 13.0. The van der Waals surface area contributed by atoms with Crippen molar-refractivity contribution in [1.82, 2.24) is 9.88 Å². The van der Waals surface area contributed by atoms with Crippen molar-refractivity contribution in [2.45, 2.75) is 31.2 Å². The monoisotopic (exact) mass is 434 g/mol. The molecule has 2 aromatic rings. The molecule has 0 unspecified atom stereocenters. The smallest absolute Gasteiger partial charge is 0.341 e. The van der Waals surface area contributed by atoms with Gasteiger partial charge in [0.1, 0.15) is 10.7 Å². The number of nitrogens with zero attached hydrogens (tertiary/aromatic N) is 2. The van der Waals surface area contributed by atoms with Crippen LogP contribution in [0.1, 0.15) is 41.6 Å². The maximum Gasteiger partial charge on any atom is 0.341 e. The van der Waals surface area contributed by atoms with Gasteiger partial charge in [0.05, 0.1) is 5.56 Å². The van der Waals surface area contributed by atoms with E-state index in [1.807, 2.05) is 0 Å². The first kappa shape index (κ1) is 21.3. The fourth-order valence-electron chi connectivity index (χ4n) is 3.68. The Morgan fingerprint density at radius 3 is 2.62 bits per heavy atom. The average molecular weight is 435 g/mol. The SMILES string of the molecule is CN(C(=O)COC(=O)c1cccnc1Cl)[C@]1(c2ccccc2Cl)CCCCC1=O. The number of pyridine rings is 1. The van der Waals surface area contributed by atoms with E-state index in [0.717, 1.165) is 12.8 Å². The number of amides is 1. The van der Waals surface area contributed by atoms with Gasteiger partial charge in [-0.25, -0.2) is 9.78 Å². The highest BCUT2D eigenvalue weighted by atomic mass is 35.5. The van der Waals surface area contributed by atoms with E-state index in [-0.39, 0.29) is 16.5 Å². The predicted octanol–water partition coefficient (Wildman–Crippen LogP) is 4.04. The molecule has 0 radical (unpaired) electrons. The molecule has 1 aliphatic rings. The number of hydrogen-bond donors (Lipinski definition) is 0. The summed E-state index contributed by atoms with van der Waals surface area (Å²) in [6, 6.07) is 10.0. The second-order valence-electron chi connectivity index (χ2n) is 6.84. The maximum atomic E-state index is 13.0. The summed E-state index contributed by atoms with van der Waals surface area (Å²) < 4.78 is 5.13. The number of hydrogen-bond acceptors (Lipinski definition) is 5. The molecule has 1 aromatic heterocycles. The summed E-state index contributed by atoms with van der Waals surface area (Å²) in [5.41, 5.74) is -0.519. The van der Waals surface area contributed by atoms with Gasteiger partial charge in [-0.2, -0.15) is 0 Å². The number of carbonyl (C=O) groups excluding carboxylic acids is 3. The Balaban J connectivity index is 1.83. The van der Waals surface area contributed by atoms with Gasteiger partial charge in [0.25, 0.3) is 5.91 Å². The zero-order chi connectivity index (χ0) is 21.0. The molecule has 1 saturated carbocycles. The van der Waals surface area contributed by atoms with Gasteiger partial charge in [0.2, 0.25) is 0 Å². The van der Waals surface area contributed by atoms with Crippen LogP contribution >= 0.6 is 23.2 Å². The van der Waals surface area contributed by atoms with Crippen LogP contribution in [0.3, 0.4) is 0 Å². The minimum atomic E-state index is -1.17. The van der Waals surface area contributed by atoms with E-state index < -0.39 is 24.0 Å². The third-order valence-electron chi connectivity index (χ3n) is 5.23. The minimum absolute atomic E-state index is 0.00620. The van der Waals surface area contributed by atoms with Crippen LogP contribution in [0.15, 0.2) is 42.6 Å². The molecular weight excluding hydrogens is 415 g/mol. The van der Waals surface area contributed by atoms with Gasteiger partial charge in [0, 0.05) is 30.3 Å². The fourth-order valence-corrected chi connectivity index (χ4v) is 4.17. The standard InChI is InChI=1S/C21H20Cl2N2O4/c1-25(18(27)13-29-20(28)14-7-6-12-24-19(14)23)21(11-5-4-10-17(21)26)15-8-2-3-9-16(15)22/h2-3,6-9,12H,4-5,10-11,13H2,1H3/t21-/m0/s1. The number of aromatic nitrogens is 1. The second kappa shape index (κ2) is 8.93. The van der Waals surface area contributed by atoms with Gasteiger partial charge in [-0.3, -0.25) is 9.59 Å². The molecule has 6 nitrogen and oxygen atoms in total. The lowest BCUT2D eigenvalue weighted by molar-refractivity contribution is -0.150. The molecule has 152 valence electrons. The molecule has 0 spiro atoms. The molecule has 8 heteroatoms. The van der Waals surface area contributed by atoms with Crippen molar-refractivity contribution in [3.05, 3.63) is 63.9 Å². The Morgan fingerprint density at radius 2 is 1.93 bits per heavy atom. The third kappa shape index (κ3) is 4.14. The molecular formula is C21H20Cl2N2O4. The number of ketones is 1. The summed E-state index contributed by atoms with van der Waals surface area (Å²) in [7, 11) is 1.54. The van der Waals surface area contributed by atoms with Crippen molar-refractivity contribution >= 4 is 40.9 Å². The lowest BCUT2D eigenvalue weighted by atomic mass is 9.74. The lowest BCUT2D eigenvalue weighted by Crippen LogP contribution is -2.55. The van der Waals surface area contributed by atoms with Gasteiger partial charge in [-0.15, -0.1) is 0 Å². The summed E-state index contributed by atoms with van der Waals surface area (Å²) in [5, 5.41) is 0.412. The van der Waals surface area contributed by atoms with Crippen LogP contribution in [-0.2, 0) is 19.9 Å². The summed E-state index contributed by atoms with van der Waals surface area (Å²) in [5.74, 6) is -1.34. The number of halogens is 2. The molecule has 0 bridgehead atoms. The Bertz CT molecular complexity index is 950. The summed E-state index contributed by atoms with van der Waals surface area (Å²) >= 11 is 12.3. The molecule has 3 rings (SSSR count). The summed E-state index contributed by atoms with van der Waals surface area (Å²) in [6.45, 7) is -0.528. The van der Waals surface area contributed by atoms with Crippen LogP contribution in [0.4, 0.5) is 0 Å². The minimum Gasteiger partial charge on any atom is -0.452 e. The number of carbonyl (C=O) groups is 3. The van der Waals surface area contributed by atoms with E-state index in [2.05, 4.69) is 4.98 Å². The van der Waals surface area contributed by atoms with Crippen molar-refractivity contribution in [2.24, 2.45) is 0 Å². The molecule has 1 fully saturated rings. The second-order valence-corrected chi connectivity index (χ2v) is 7.61. The van der Waals surface area contributed by atoms with Gasteiger partial charge in [0.15, 0.2) is 12.4 Å². The van der Waals surface area contributed by atoms with Crippen molar-refractivity contribution in [3.8, 4) is 0 Å². The predicted molar refractivity (Wildman–Crippen MR) is 109 cm³/mol. The highest BCUT2D eigenvalue weighted by Gasteiger charge is 2.48. The lowest BCUT2D eigenvalue weighted by Gasteiger charge is -2.43. The van der Waals surface area contributed by atoms with E-state index in [0.29, 0.717) is 23.4 Å². The Labute approximate surface area is 178 Å². The van der Waals surface area contributed by atoms with Crippen molar-refractivity contribution in [1.29, 1.82) is 0 Å². The van der Waals surface area contributed by atoms with Crippen LogP contribution in [-0.4, -0.2) is 41.2 Å². The molecule has 0 saturated heterocycles. The zero-order valence-electron chi connectivity index (χ0n) is 15.9. The van der Waals surface area contributed by atoms with Crippen molar-refractivity contribution < 1.29 is 19.1 Å². The third-order valence-corrected chi connectivity index (χ3v) is 5.86. The number of ether oxygens (including phenoxy) is 1.